The van der Waals surface area contributed by atoms with Crippen molar-refractivity contribution in [3.63, 3.8) is 0 Å². The van der Waals surface area contributed by atoms with Crippen molar-refractivity contribution in [3.05, 3.63) is 12.2 Å². The predicted molar refractivity (Wildman–Crippen MR) is 90.5 cm³/mol. The van der Waals surface area contributed by atoms with Crippen LogP contribution in [0.4, 0.5) is 4.79 Å². The van der Waals surface area contributed by atoms with E-state index in [-0.39, 0.29) is 24.1 Å². The number of carbonyl (C=O) groups is 2. The van der Waals surface area contributed by atoms with E-state index >= 15 is 0 Å². The van der Waals surface area contributed by atoms with Gasteiger partial charge in [-0.3, -0.25) is 4.79 Å². The number of rotatable bonds is 2. The van der Waals surface area contributed by atoms with Crippen LogP contribution in [0.2, 0.25) is 0 Å². The molecular formula is C17H24N6O3. The molecular weight excluding hydrogens is 336 g/mol. The molecule has 3 amide bonds. The Morgan fingerprint density at radius 2 is 1.96 bits per heavy atom. The summed E-state index contributed by atoms with van der Waals surface area (Å²) in [4.78, 5) is 32.3. The Morgan fingerprint density at radius 1 is 1.19 bits per heavy atom. The third kappa shape index (κ3) is 2.84. The Labute approximate surface area is 151 Å². The van der Waals surface area contributed by atoms with Crippen LogP contribution in [0.25, 0.3) is 0 Å². The molecule has 0 bridgehead atoms. The number of hydrogen-bond acceptors (Lipinski definition) is 5. The van der Waals surface area contributed by atoms with Gasteiger partial charge in [0.1, 0.15) is 12.9 Å². The van der Waals surface area contributed by atoms with Gasteiger partial charge in [0.15, 0.2) is 5.82 Å². The lowest BCUT2D eigenvalue weighted by molar-refractivity contribution is -0.141. The second-order valence-corrected chi connectivity index (χ2v) is 8.04. The highest BCUT2D eigenvalue weighted by molar-refractivity contribution is 5.81. The van der Waals surface area contributed by atoms with Crippen LogP contribution in [0.3, 0.4) is 0 Å². The standard InChI is InChI=1S/C17H24N6O3/c24-14-7-26-10-17(19-14)8-22(9-17)16(25)21-5-3-13(4-6-21)23-11-18-15(20-23)12-1-2-12/h11-13H,1-10H2,(H,19,24). The number of carbonyl (C=O) groups excluding carboxylic acids is 2. The van der Waals surface area contributed by atoms with Gasteiger partial charge in [-0.15, -0.1) is 0 Å². The lowest BCUT2D eigenvalue weighted by Crippen LogP contribution is -2.76. The van der Waals surface area contributed by atoms with E-state index in [0.717, 1.165) is 31.8 Å². The fourth-order valence-electron chi connectivity index (χ4n) is 4.21. The van der Waals surface area contributed by atoms with Gasteiger partial charge in [0.25, 0.3) is 0 Å². The minimum absolute atomic E-state index is 0.0613. The van der Waals surface area contributed by atoms with Crippen LogP contribution in [-0.4, -0.2) is 81.4 Å². The van der Waals surface area contributed by atoms with Gasteiger partial charge in [-0.05, 0) is 25.7 Å². The maximum atomic E-state index is 12.7. The van der Waals surface area contributed by atoms with E-state index in [4.69, 9.17) is 4.74 Å². The summed E-state index contributed by atoms with van der Waals surface area (Å²) in [5.74, 6) is 1.45. The zero-order valence-electron chi connectivity index (χ0n) is 14.8. The lowest BCUT2D eigenvalue weighted by atomic mass is 9.90. The summed E-state index contributed by atoms with van der Waals surface area (Å²) in [5, 5.41) is 7.60. The molecule has 1 aromatic rings. The average molecular weight is 360 g/mol. The van der Waals surface area contributed by atoms with Crippen LogP contribution in [0, 0.1) is 0 Å². The maximum absolute atomic E-state index is 12.7. The number of nitrogens with zero attached hydrogens (tertiary/aromatic N) is 5. The van der Waals surface area contributed by atoms with Crippen molar-refractivity contribution < 1.29 is 14.3 Å². The highest BCUT2D eigenvalue weighted by Crippen LogP contribution is 2.38. The summed E-state index contributed by atoms with van der Waals surface area (Å²) >= 11 is 0. The molecule has 1 spiro atoms. The monoisotopic (exact) mass is 360 g/mol. The third-order valence-corrected chi connectivity index (χ3v) is 5.85. The number of urea groups is 1. The van der Waals surface area contributed by atoms with Crippen molar-refractivity contribution in [1.82, 2.24) is 29.9 Å². The summed E-state index contributed by atoms with van der Waals surface area (Å²) in [5.41, 5.74) is -0.372. The van der Waals surface area contributed by atoms with Crippen LogP contribution in [0.15, 0.2) is 6.33 Å². The number of aromatic nitrogens is 3. The summed E-state index contributed by atoms with van der Waals surface area (Å²) < 4.78 is 7.31. The maximum Gasteiger partial charge on any atom is 0.320 e. The SMILES string of the molecule is O=C1COCC2(CN(C(=O)N3CCC(n4cnc(C5CC5)n4)CC3)C2)N1. The normalized spacial score (nSPS) is 25.9. The Bertz CT molecular complexity index is 716. The highest BCUT2D eigenvalue weighted by atomic mass is 16.5. The number of likely N-dealkylation sites (tertiary alicyclic amines) is 2. The molecule has 1 aliphatic carbocycles. The Morgan fingerprint density at radius 3 is 2.65 bits per heavy atom. The summed E-state index contributed by atoms with van der Waals surface area (Å²) in [6.45, 7) is 3.13. The molecule has 4 fully saturated rings. The zero-order chi connectivity index (χ0) is 17.7. The number of nitrogens with one attached hydrogen (secondary N) is 1. The van der Waals surface area contributed by atoms with Gasteiger partial charge in [-0.2, -0.15) is 5.10 Å². The van der Waals surface area contributed by atoms with Gasteiger partial charge in [0.2, 0.25) is 5.91 Å². The van der Waals surface area contributed by atoms with E-state index in [0.29, 0.717) is 31.7 Å². The quantitative estimate of drug-likeness (QED) is 0.808. The molecule has 1 N–H and O–H groups in total. The smallest absolute Gasteiger partial charge is 0.320 e. The van der Waals surface area contributed by atoms with E-state index in [1.807, 2.05) is 15.9 Å². The molecule has 0 radical (unpaired) electrons. The van der Waals surface area contributed by atoms with Crippen LogP contribution < -0.4 is 5.32 Å². The average Bonchev–Trinajstić information content (AvgIpc) is 3.36. The molecule has 0 unspecified atom stereocenters. The van der Waals surface area contributed by atoms with Gasteiger partial charge in [0.05, 0.1) is 18.2 Å². The molecule has 9 nitrogen and oxygen atoms in total. The molecule has 9 heteroatoms. The number of ether oxygens (including phenoxy) is 1. The van der Waals surface area contributed by atoms with Gasteiger partial charge in [0, 0.05) is 32.1 Å². The predicted octanol–water partition coefficient (Wildman–Crippen LogP) is 0.113. The van der Waals surface area contributed by atoms with E-state index in [1.54, 1.807) is 4.90 Å². The minimum atomic E-state index is -0.372. The van der Waals surface area contributed by atoms with Crippen LogP contribution in [0.5, 0.6) is 0 Å². The lowest BCUT2D eigenvalue weighted by Gasteiger charge is -2.52. The molecule has 3 aliphatic heterocycles. The second-order valence-electron chi connectivity index (χ2n) is 8.04. The van der Waals surface area contributed by atoms with Crippen molar-refractivity contribution >= 4 is 11.9 Å². The van der Waals surface area contributed by atoms with Gasteiger partial charge in [-0.25, -0.2) is 14.5 Å². The van der Waals surface area contributed by atoms with E-state index in [9.17, 15) is 9.59 Å². The first-order valence-electron chi connectivity index (χ1n) is 9.46. The minimum Gasteiger partial charge on any atom is -0.369 e. The van der Waals surface area contributed by atoms with E-state index in [1.165, 1.54) is 12.8 Å². The summed E-state index contributed by atoms with van der Waals surface area (Å²) in [6, 6.07) is 0.388. The largest absolute Gasteiger partial charge is 0.369 e. The molecule has 1 saturated carbocycles. The van der Waals surface area contributed by atoms with Crippen LogP contribution in [0.1, 0.15) is 43.5 Å². The Hall–Kier alpha value is -2.16. The van der Waals surface area contributed by atoms with Crippen molar-refractivity contribution in [3.8, 4) is 0 Å². The van der Waals surface area contributed by atoms with Crippen LogP contribution in [-0.2, 0) is 9.53 Å². The third-order valence-electron chi connectivity index (χ3n) is 5.85. The summed E-state index contributed by atoms with van der Waals surface area (Å²) in [7, 11) is 0. The van der Waals surface area contributed by atoms with Crippen molar-refractivity contribution in [2.45, 2.75) is 43.2 Å². The first-order chi connectivity index (χ1) is 12.6. The first kappa shape index (κ1) is 16.0. The first-order valence-corrected chi connectivity index (χ1v) is 9.46. The molecule has 26 heavy (non-hydrogen) atoms. The molecule has 1 aromatic heterocycles. The highest BCUT2D eigenvalue weighted by Gasteiger charge is 2.49. The molecule has 5 rings (SSSR count). The Kier molecular flexibility index (Phi) is 3.66. The van der Waals surface area contributed by atoms with Crippen molar-refractivity contribution in [2.24, 2.45) is 0 Å². The van der Waals surface area contributed by atoms with E-state index in [2.05, 4.69) is 15.4 Å². The van der Waals surface area contributed by atoms with Crippen molar-refractivity contribution in [2.75, 3.05) is 39.4 Å². The fourth-order valence-corrected chi connectivity index (χ4v) is 4.21. The fraction of sp³-hybridized carbons (Fsp3) is 0.765. The van der Waals surface area contributed by atoms with E-state index < -0.39 is 0 Å². The zero-order valence-corrected chi connectivity index (χ0v) is 14.8. The molecule has 140 valence electrons. The Balaban J connectivity index is 1.13. The molecule has 4 aliphatic rings. The number of piperidine rings is 1. The van der Waals surface area contributed by atoms with Gasteiger partial charge in [-0.1, -0.05) is 0 Å². The molecule has 3 saturated heterocycles. The molecule has 4 heterocycles. The second kappa shape index (κ2) is 5.94. The number of hydrogen-bond donors (Lipinski definition) is 1. The number of morpholine rings is 1. The van der Waals surface area contributed by atoms with Crippen LogP contribution >= 0.6 is 0 Å². The van der Waals surface area contributed by atoms with Crippen molar-refractivity contribution in [1.29, 1.82) is 0 Å². The topological polar surface area (TPSA) is 92.6 Å². The molecule has 0 aromatic carbocycles. The van der Waals surface area contributed by atoms with Gasteiger partial charge >= 0.3 is 6.03 Å². The summed E-state index contributed by atoms with van der Waals surface area (Å²) in [6.07, 6.45) is 6.07. The molecule has 0 atom stereocenters. The number of amides is 3. The van der Waals surface area contributed by atoms with Gasteiger partial charge < -0.3 is 19.9 Å².